The summed E-state index contributed by atoms with van der Waals surface area (Å²) in [6.45, 7) is 2.24. The fourth-order valence-corrected chi connectivity index (χ4v) is 2.41. The molecule has 0 saturated heterocycles. The molecule has 0 aliphatic rings. The number of aryl methyl sites for hydroxylation is 2. The number of rotatable bonds is 6. The maximum atomic E-state index is 12.7. The number of hydrogen-bond donors (Lipinski definition) is 3. The summed E-state index contributed by atoms with van der Waals surface area (Å²) in [6, 6.07) is 7.23. The Morgan fingerprint density at radius 3 is 2.88 bits per heavy atom. The van der Waals surface area contributed by atoms with Crippen molar-refractivity contribution < 1.29 is 9.53 Å². The highest BCUT2D eigenvalue weighted by Gasteiger charge is 2.19. The van der Waals surface area contributed by atoms with Gasteiger partial charge in [-0.05, 0) is 19.1 Å². The summed E-state index contributed by atoms with van der Waals surface area (Å²) in [4.78, 5) is 12.7. The summed E-state index contributed by atoms with van der Waals surface area (Å²) in [5.41, 5.74) is 2.58. The SMILES string of the molecule is COc1ccccc1NC(=O)c1c(NCc2cnnn2C)n[nH]c1C. The van der Waals surface area contributed by atoms with E-state index in [0.717, 1.165) is 5.69 Å². The summed E-state index contributed by atoms with van der Waals surface area (Å²) in [6.07, 6.45) is 1.65. The second-order valence-electron chi connectivity index (χ2n) is 5.43. The number of amides is 1. The first-order chi connectivity index (χ1) is 12.1. The molecule has 3 N–H and O–H groups in total. The number of nitrogens with zero attached hydrogens (tertiary/aromatic N) is 4. The summed E-state index contributed by atoms with van der Waals surface area (Å²) < 4.78 is 6.92. The lowest BCUT2D eigenvalue weighted by Gasteiger charge is -2.11. The Morgan fingerprint density at radius 1 is 1.36 bits per heavy atom. The Morgan fingerprint density at radius 2 is 2.16 bits per heavy atom. The molecule has 130 valence electrons. The van der Waals surface area contributed by atoms with E-state index in [0.29, 0.717) is 35.1 Å². The first-order valence-electron chi connectivity index (χ1n) is 7.67. The Hall–Kier alpha value is -3.36. The number of para-hydroxylation sites is 2. The smallest absolute Gasteiger partial charge is 0.261 e. The largest absolute Gasteiger partial charge is 0.495 e. The second-order valence-corrected chi connectivity index (χ2v) is 5.43. The number of H-pyrrole nitrogens is 1. The van der Waals surface area contributed by atoms with Gasteiger partial charge in [0.15, 0.2) is 5.82 Å². The lowest BCUT2D eigenvalue weighted by Crippen LogP contribution is -2.16. The van der Waals surface area contributed by atoms with E-state index in [9.17, 15) is 4.79 Å². The van der Waals surface area contributed by atoms with Gasteiger partial charge in [0.05, 0.1) is 31.2 Å². The average molecular weight is 341 g/mol. The quantitative estimate of drug-likeness (QED) is 0.630. The first-order valence-corrected chi connectivity index (χ1v) is 7.67. The van der Waals surface area contributed by atoms with Gasteiger partial charge in [-0.25, -0.2) is 0 Å². The van der Waals surface area contributed by atoms with Crippen LogP contribution < -0.4 is 15.4 Å². The third-order valence-electron chi connectivity index (χ3n) is 3.77. The van der Waals surface area contributed by atoms with E-state index in [1.54, 1.807) is 44.1 Å². The topological polar surface area (TPSA) is 110 Å². The third-order valence-corrected chi connectivity index (χ3v) is 3.77. The zero-order valence-corrected chi connectivity index (χ0v) is 14.2. The highest BCUT2D eigenvalue weighted by Crippen LogP contribution is 2.25. The van der Waals surface area contributed by atoms with Gasteiger partial charge in [0.1, 0.15) is 11.3 Å². The number of aromatic nitrogens is 5. The van der Waals surface area contributed by atoms with Crippen molar-refractivity contribution in [2.75, 3.05) is 17.7 Å². The molecular formula is C16H19N7O2. The van der Waals surface area contributed by atoms with Crippen molar-refractivity contribution in [2.45, 2.75) is 13.5 Å². The molecule has 0 saturated carbocycles. The molecule has 0 unspecified atom stereocenters. The van der Waals surface area contributed by atoms with Gasteiger partial charge in [-0.2, -0.15) is 5.10 Å². The van der Waals surface area contributed by atoms with E-state index >= 15 is 0 Å². The fraction of sp³-hybridized carbons (Fsp3) is 0.250. The van der Waals surface area contributed by atoms with Crippen molar-refractivity contribution in [3.8, 4) is 5.75 Å². The normalized spacial score (nSPS) is 10.5. The number of aromatic amines is 1. The van der Waals surface area contributed by atoms with Crippen LogP contribution in [0.15, 0.2) is 30.5 Å². The molecule has 1 aromatic carbocycles. The van der Waals surface area contributed by atoms with Crippen LogP contribution in [0.1, 0.15) is 21.7 Å². The molecule has 0 aliphatic heterocycles. The maximum absolute atomic E-state index is 12.7. The predicted octanol–water partition coefficient (Wildman–Crippen LogP) is 1.72. The molecule has 25 heavy (non-hydrogen) atoms. The number of carbonyl (C=O) groups excluding carboxylic acids is 1. The van der Waals surface area contributed by atoms with Gasteiger partial charge in [-0.3, -0.25) is 14.6 Å². The standard InChI is InChI=1S/C16H19N7O2/c1-10-14(16(24)19-12-6-4-5-7-13(12)25-3)15(21-20-10)17-8-11-9-18-22-23(11)2/h4-7,9H,8H2,1-3H3,(H,19,24)(H2,17,20,21). The van der Waals surface area contributed by atoms with Gasteiger partial charge in [-0.1, -0.05) is 17.3 Å². The van der Waals surface area contributed by atoms with Gasteiger partial charge in [0.2, 0.25) is 0 Å². The van der Waals surface area contributed by atoms with Crippen molar-refractivity contribution in [1.82, 2.24) is 25.2 Å². The Bertz CT molecular complexity index is 884. The summed E-state index contributed by atoms with van der Waals surface area (Å²) in [5, 5.41) is 20.7. The highest BCUT2D eigenvalue weighted by molar-refractivity contribution is 6.08. The molecule has 0 bridgehead atoms. The van der Waals surface area contributed by atoms with Crippen LogP contribution in [0.4, 0.5) is 11.5 Å². The van der Waals surface area contributed by atoms with E-state index < -0.39 is 0 Å². The first kappa shape index (κ1) is 16.5. The van der Waals surface area contributed by atoms with Crippen molar-refractivity contribution in [3.63, 3.8) is 0 Å². The molecule has 0 fully saturated rings. The van der Waals surface area contributed by atoms with Crippen LogP contribution in [0.25, 0.3) is 0 Å². The van der Waals surface area contributed by atoms with E-state index in [2.05, 4.69) is 31.1 Å². The minimum atomic E-state index is -0.276. The van der Waals surface area contributed by atoms with Gasteiger partial charge in [-0.15, -0.1) is 5.10 Å². The zero-order valence-electron chi connectivity index (χ0n) is 14.2. The monoisotopic (exact) mass is 341 g/mol. The summed E-state index contributed by atoms with van der Waals surface area (Å²) >= 11 is 0. The van der Waals surface area contributed by atoms with Crippen molar-refractivity contribution in [2.24, 2.45) is 7.05 Å². The van der Waals surface area contributed by atoms with Crippen molar-refractivity contribution in [1.29, 1.82) is 0 Å². The van der Waals surface area contributed by atoms with Crippen LogP contribution in [-0.4, -0.2) is 38.2 Å². The Balaban J connectivity index is 1.78. The number of methoxy groups -OCH3 is 1. The molecule has 0 atom stereocenters. The molecule has 0 spiro atoms. The minimum absolute atomic E-state index is 0.276. The van der Waals surface area contributed by atoms with Crippen LogP contribution >= 0.6 is 0 Å². The maximum Gasteiger partial charge on any atom is 0.261 e. The molecule has 0 aliphatic carbocycles. The number of ether oxygens (including phenoxy) is 1. The molecule has 0 radical (unpaired) electrons. The summed E-state index contributed by atoms with van der Waals surface area (Å²) in [5.74, 6) is 0.778. The van der Waals surface area contributed by atoms with E-state index in [1.165, 1.54) is 0 Å². The molecular weight excluding hydrogens is 322 g/mol. The van der Waals surface area contributed by atoms with Crippen LogP contribution in [0.3, 0.4) is 0 Å². The zero-order chi connectivity index (χ0) is 17.8. The molecule has 9 nitrogen and oxygen atoms in total. The van der Waals surface area contributed by atoms with Gasteiger partial charge in [0.25, 0.3) is 5.91 Å². The van der Waals surface area contributed by atoms with Crippen LogP contribution in [0.5, 0.6) is 5.75 Å². The number of nitrogens with one attached hydrogen (secondary N) is 3. The van der Waals surface area contributed by atoms with Crippen LogP contribution in [0, 0.1) is 6.92 Å². The van der Waals surface area contributed by atoms with Crippen LogP contribution in [0.2, 0.25) is 0 Å². The lowest BCUT2D eigenvalue weighted by molar-refractivity contribution is 0.102. The minimum Gasteiger partial charge on any atom is -0.495 e. The van der Waals surface area contributed by atoms with E-state index in [-0.39, 0.29) is 5.91 Å². The number of benzene rings is 1. The number of hydrogen-bond acceptors (Lipinski definition) is 6. The lowest BCUT2D eigenvalue weighted by atomic mass is 10.2. The predicted molar refractivity (Wildman–Crippen MR) is 92.6 cm³/mol. The fourth-order valence-electron chi connectivity index (χ4n) is 2.41. The van der Waals surface area contributed by atoms with Crippen molar-refractivity contribution in [3.05, 3.63) is 47.4 Å². The van der Waals surface area contributed by atoms with Crippen molar-refractivity contribution >= 4 is 17.4 Å². The second kappa shape index (κ2) is 7.04. The molecule has 2 heterocycles. The number of anilines is 2. The molecule has 1 amide bonds. The Labute approximate surface area is 144 Å². The van der Waals surface area contributed by atoms with Crippen LogP contribution in [-0.2, 0) is 13.6 Å². The highest BCUT2D eigenvalue weighted by atomic mass is 16.5. The van der Waals surface area contributed by atoms with E-state index in [1.807, 2.05) is 12.1 Å². The van der Waals surface area contributed by atoms with Gasteiger partial charge in [0, 0.05) is 12.7 Å². The molecule has 9 heteroatoms. The van der Waals surface area contributed by atoms with Gasteiger partial charge >= 0.3 is 0 Å². The molecule has 2 aromatic heterocycles. The van der Waals surface area contributed by atoms with E-state index in [4.69, 9.17) is 4.74 Å². The summed E-state index contributed by atoms with van der Waals surface area (Å²) in [7, 11) is 3.36. The third kappa shape index (κ3) is 3.44. The number of carbonyl (C=O) groups is 1. The molecule has 3 aromatic rings. The molecule has 3 rings (SSSR count). The average Bonchev–Trinajstić information content (AvgIpc) is 3.18. The Kier molecular flexibility index (Phi) is 4.64. The van der Waals surface area contributed by atoms with Gasteiger partial charge < -0.3 is 15.4 Å².